The Morgan fingerprint density at radius 3 is 2.24 bits per heavy atom. The number of rotatable bonds is 7. The number of hydrogen-bond acceptors (Lipinski definition) is 4. The number of nitrogens with zero attached hydrogens (tertiary/aromatic N) is 2. The molecule has 33 heavy (non-hydrogen) atoms. The Balaban J connectivity index is 1.54. The van der Waals surface area contributed by atoms with Gasteiger partial charge in [0.25, 0.3) is 10.0 Å². The SMILES string of the molecule is O=C(CN(c1ccc(Cl)cc1)S(=O)(=O)c1ccccc1)Nc1ccc(N2CCCC2=O)cc1. The fourth-order valence-corrected chi connectivity index (χ4v) is 5.19. The van der Waals surface area contributed by atoms with Crippen LogP contribution in [-0.4, -0.2) is 33.3 Å². The standard InChI is InChI=1S/C24H22ClN3O4S/c25-18-8-12-21(13-9-18)28(33(31,32)22-5-2-1-3-6-22)17-23(29)26-19-10-14-20(15-11-19)27-16-4-7-24(27)30/h1-3,5-6,8-15H,4,7,16-17H2,(H,26,29). The van der Waals surface area contributed by atoms with Crippen molar-refractivity contribution in [2.75, 3.05) is 27.6 Å². The van der Waals surface area contributed by atoms with Crippen LogP contribution in [0.3, 0.4) is 0 Å². The Labute approximate surface area is 197 Å². The molecule has 0 bridgehead atoms. The van der Waals surface area contributed by atoms with Gasteiger partial charge in [-0.25, -0.2) is 8.42 Å². The lowest BCUT2D eigenvalue weighted by Crippen LogP contribution is -2.38. The van der Waals surface area contributed by atoms with Crippen LogP contribution in [0.1, 0.15) is 12.8 Å². The van der Waals surface area contributed by atoms with Gasteiger partial charge in [-0.1, -0.05) is 29.8 Å². The van der Waals surface area contributed by atoms with Gasteiger partial charge >= 0.3 is 0 Å². The maximum atomic E-state index is 13.3. The summed E-state index contributed by atoms with van der Waals surface area (Å²) in [5, 5.41) is 3.19. The van der Waals surface area contributed by atoms with Crippen molar-refractivity contribution in [2.45, 2.75) is 17.7 Å². The third-order valence-electron chi connectivity index (χ3n) is 5.27. The average molecular weight is 484 g/mol. The van der Waals surface area contributed by atoms with E-state index in [1.807, 2.05) is 0 Å². The van der Waals surface area contributed by atoms with E-state index in [1.165, 1.54) is 12.1 Å². The third kappa shape index (κ3) is 5.18. The summed E-state index contributed by atoms with van der Waals surface area (Å²) in [6, 6.07) is 21.1. The molecule has 0 saturated carbocycles. The summed E-state index contributed by atoms with van der Waals surface area (Å²) >= 11 is 5.96. The number of benzene rings is 3. The molecule has 1 fully saturated rings. The first-order valence-corrected chi connectivity index (χ1v) is 12.2. The van der Waals surface area contributed by atoms with Crippen LogP contribution in [0, 0.1) is 0 Å². The van der Waals surface area contributed by atoms with Gasteiger partial charge in [-0.15, -0.1) is 0 Å². The van der Waals surface area contributed by atoms with Crippen LogP contribution in [0.15, 0.2) is 83.8 Å². The average Bonchev–Trinajstić information content (AvgIpc) is 3.25. The van der Waals surface area contributed by atoms with Crippen molar-refractivity contribution in [3.63, 3.8) is 0 Å². The lowest BCUT2D eigenvalue weighted by Gasteiger charge is -2.24. The number of hydrogen-bond donors (Lipinski definition) is 1. The van der Waals surface area contributed by atoms with Crippen LogP contribution >= 0.6 is 11.6 Å². The summed E-state index contributed by atoms with van der Waals surface area (Å²) in [6.45, 7) is 0.253. The zero-order valence-corrected chi connectivity index (χ0v) is 19.2. The van der Waals surface area contributed by atoms with E-state index in [4.69, 9.17) is 11.6 Å². The van der Waals surface area contributed by atoms with Crippen molar-refractivity contribution in [3.8, 4) is 0 Å². The van der Waals surface area contributed by atoms with Gasteiger partial charge in [-0.3, -0.25) is 13.9 Å². The van der Waals surface area contributed by atoms with Crippen LogP contribution in [0.25, 0.3) is 0 Å². The second-order valence-electron chi connectivity index (χ2n) is 7.55. The Morgan fingerprint density at radius 2 is 1.64 bits per heavy atom. The van der Waals surface area contributed by atoms with Gasteiger partial charge in [0, 0.05) is 29.4 Å². The molecule has 0 aromatic heterocycles. The molecule has 170 valence electrons. The molecule has 0 unspecified atom stereocenters. The molecule has 1 saturated heterocycles. The van der Waals surface area contributed by atoms with E-state index in [1.54, 1.807) is 71.6 Å². The summed E-state index contributed by atoms with van der Waals surface area (Å²) in [7, 11) is -3.99. The minimum atomic E-state index is -3.99. The molecule has 3 aromatic carbocycles. The zero-order valence-electron chi connectivity index (χ0n) is 17.6. The van der Waals surface area contributed by atoms with Gasteiger partial charge in [0.2, 0.25) is 11.8 Å². The molecule has 9 heteroatoms. The predicted molar refractivity (Wildman–Crippen MR) is 129 cm³/mol. The number of sulfonamides is 1. The van der Waals surface area contributed by atoms with E-state index < -0.39 is 22.5 Å². The number of amides is 2. The van der Waals surface area contributed by atoms with Crippen molar-refractivity contribution < 1.29 is 18.0 Å². The largest absolute Gasteiger partial charge is 0.325 e. The van der Waals surface area contributed by atoms with Crippen molar-refractivity contribution in [1.82, 2.24) is 0 Å². The van der Waals surface area contributed by atoms with E-state index >= 15 is 0 Å². The summed E-state index contributed by atoms with van der Waals surface area (Å²) < 4.78 is 27.7. The predicted octanol–water partition coefficient (Wildman–Crippen LogP) is 4.30. The summed E-state index contributed by atoms with van der Waals surface area (Å²) in [5.41, 5.74) is 1.59. The monoisotopic (exact) mass is 483 g/mol. The topological polar surface area (TPSA) is 86.8 Å². The van der Waals surface area contributed by atoms with Crippen LogP contribution in [-0.2, 0) is 19.6 Å². The van der Waals surface area contributed by atoms with Crippen molar-refractivity contribution in [3.05, 3.63) is 83.9 Å². The molecule has 0 spiro atoms. The van der Waals surface area contributed by atoms with Gasteiger partial charge < -0.3 is 10.2 Å². The van der Waals surface area contributed by atoms with Gasteiger partial charge in [-0.2, -0.15) is 0 Å². The molecule has 3 aromatic rings. The number of carbonyl (C=O) groups is 2. The van der Waals surface area contributed by atoms with Crippen LogP contribution < -0.4 is 14.5 Å². The first-order chi connectivity index (χ1) is 15.8. The number of halogens is 1. The van der Waals surface area contributed by atoms with Gasteiger partial charge in [-0.05, 0) is 67.1 Å². The van der Waals surface area contributed by atoms with E-state index in [-0.39, 0.29) is 10.8 Å². The molecule has 1 heterocycles. The van der Waals surface area contributed by atoms with Gasteiger partial charge in [0.1, 0.15) is 6.54 Å². The molecule has 0 aliphatic carbocycles. The minimum absolute atomic E-state index is 0.0763. The molecule has 2 amide bonds. The maximum Gasteiger partial charge on any atom is 0.264 e. The Hall–Kier alpha value is -3.36. The van der Waals surface area contributed by atoms with E-state index in [0.717, 1.165) is 16.4 Å². The van der Waals surface area contributed by atoms with E-state index in [0.29, 0.717) is 29.4 Å². The van der Waals surface area contributed by atoms with Crippen LogP contribution in [0.4, 0.5) is 17.1 Å². The zero-order chi connectivity index (χ0) is 23.4. The molecule has 1 N–H and O–H groups in total. The summed E-state index contributed by atoms with van der Waals surface area (Å²) in [6.07, 6.45) is 1.36. The fourth-order valence-electron chi connectivity index (χ4n) is 3.62. The fraction of sp³-hybridized carbons (Fsp3) is 0.167. The van der Waals surface area contributed by atoms with Gasteiger partial charge in [0.15, 0.2) is 0 Å². The first kappa shape index (κ1) is 22.8. The number of nitrogens with one attached hydrogen (secondary N) is 1. The Bertz CT molecular complexity index is 1250. The lowest BCUT2D eigenvalue weighted by molar-refractivity contribution is -0.117. The quantitative estimate of drug-likeness (QED) is 0.542. The smallest absolute Gasteiger partial charge is 0.264 e. The van der Waals surface area contributed by atoms with Gasteiger partial charge in [0.05, 0.1) is 10.6 Å². The van der Waals surface area contributed by atoms with Crippen molar-refractivity contribution >= 4 is 50.5 Å². The molecular weight excluding hydrogens is 462 g/mol. The molecule has 1 aliphatic rings. The molecular formula is C24H22ClN3O4S. The number of anilines is 3. The molecule has 7 nitrogen and oxygen atoms in total. The first-order valence-electron chi connectivity index (χ1n) is 10.4. The molecule has 0 atom stereocenters. The maximum absolute atomic E-state index is 13.3. The van der Waals surface area contributed by atoms with Crippen LogP contribution in [0.2, 0.25) is 5.02 Å². The highest BCUT2D eigenvalue weighted by Gasteiger charge is 2.27. The van der Waals surface area contributed by atoms with Crippen LogP contribution in [0.5, 0.6) is 0 Å². The van der Waals surface area contributed by atoms with E-state index in [9.17, 15) is 18.0 Å². The second kappa shape index (κ2) is 9.64. The Morgan fingerprint density at radius 1 is 0.970 bits per heavy atom. The number of carbonyl (C=O) groups excluding carboxylic acids is 2. The second-order valence-corrected chi connectivity index (χ2v) is 9.84. The highest BCUT2D eigenvalue weighted by atomic mass is 35.5. The van der Waals surface area contributed by atoms with Crippen molar-refractivity contribution in [2.24, 2.45) is 0 Å². The van der Waals surface area contributed by atoms with E-state index in [2.05, 4.69) is 5.32 Å². The highest BCUT2D eigenvalue weighted by molar-refractivity contribution is 7.92. The third-order valence-corrected chi connectivity index (χ3v) is 7.31. The summed E-state index contributed by atoms with van der Waals surface area (Å²) in [4.78, 5) is 26.5. The Kier molecular flexibility index (Phi) is 6.67. The lowest BCUT2D eigenvalue weighted by atomic mass is 10.2. The highest BCUT2D eigenvalue weighted by Crippen LogP contribution is 2.26. The normalized spacial score (nSPS) is 13.7. The minimum Gasteiger partial charge on any atom is -0.325 e. The van der Waals surface area contributed by atoms with Crippen molar-refractivity contribution in [1.29, 1.82) is 0 Å². The molecule has 1 aliphatic heterocycles. The molecule has 4 rings (SSSR count). The molecule has 0 radical (unpaired) electrons. The summed E-state index contributed by atoms with van der Waals surface area (Å²) in [5.74, 6) is -0.425.